The highest BCUT2D eigenvalue weighted by molar-refractivity contribution is 5.55. The number of nitrogens with zero attached hydrogens (tertiary/aromatic N) is 4. The Balaban J connectivity index is 2.44. The Morgan fingerprint density at radius 1 is 1.07 bits per heavy atom. The Morgan fingerprint density at radius 2 is 1.79 bits per heavy atom. The molecule has 5 nitrogen and oxygen atoms in total. The lowest BCUT2D eigenvalue weighted by molar-refractivity contribution is 0.475. The SMILES string of the molecule is Cc1nnc(-c2cccc(O)c2)nn1. The van der Waals surface area contributed by atoms with Gasteiger partial charge in [0, 0.05) is 5.56 Å². The van der Waals surface area contributed by atoms with Crippen LogP contribution in [0.1, 0.15) is 5.82 Å². The van der Waals surface area contributed by atoms with Crippen LogP contribution in [0.5, 0.6) is 5.75 Å². The van der Waals surface area contributed by atoms with Crippen molar-refractivity contribution >= 4 is 0 Å². The Bertz CT molecular complexity index is 441. The van der Waals surface area contributed by atoms with Gasteiger partial charge in [0.25, 0.3) is 0 Å². The second-order valence-corrected chi connectivity index (χ2v) is 2.82. The standard InChI is InChI=1S/C9H8N4O/c1-6-10-12-9(13-11-6)7-3-2-4-8(14)5-7/h2-5,14H,1H3. The Labute approximate surface area is 80.5 Å². The van der Waals surface area contributed by atoms with Crippen LogP contribution in [0.15, 0.2) is 24.3 Å². The Morgan fingerprint density at radius 3 is 2.43 bits per heavy atom. The molecule has 1 aromatic heterocycles. The molecule has 0 spiro atoms. The van der Waals surface area contributed by atoms with Crippen molar-refractivity contribution in [2.24, 2.45) is 0 Å². The molecule has 0 radical (unpaired) electrons. The first-order valence-corrected chi connectivity index (χ1v) is 4.09. The average Bonchev–Trinajstić information content (AvgIpc) is 2.19. The monoisotopic (exact) mass is 188 g/mol. The van der Waals surface area contributed by atoms with Crippen molar-refractivity contribution in [3.05, 3.63) is 30.1 Å². The van der Waals surface area contributed by atoms with E-state index in [1.807, 2.05) is 0 Å². The lowest BCUT2D eigenvalue weighted by Gasteiger charge is -1.98. The summed E-state index contributed by atoms with van der Waals surface area (Å²) in [4.78, 5) is 0. The van der Waals surface area contributed by atoms with Gasteiger partial charge in [0.05, 0.1) is 0 Å². The topological polar surface area (TPSA) is 71.8 Å². The third kappa shape index (κ3) is 1.66. The summed E-state index contributed by atoms with van der Waals surface area (Å²) in [6, 6.07) is 6.65. The number of phenols is 1. The number of aryl methyl sites for hydroxylation is 1. The maximum absolute atomic E-state index is 9.23. The first kappa shape index (κ1) is 8.55. The van der Waals surface area contributed by atoms with Gasteiger partial charge in [-0.05, 0) is 19.1 Å². The highest BCUT2D eigenvalue weighted by atomic mass is 16.3. The normalized spacial score (nSPS) is 10.1. The number of hydrogen-bond acceptors (Lipinski definition) is 5. The molecule has 0 saturated carbocycles. The van der Waals surface area contributed by atoms with Gasteiger partial charge in [-0.3, -0.25) is 0 Å². The fourth-order valence-corrected chi connectivity index (χ4v) is 1.04. The van der Waals surface area contributed by atoms with Crippen molar-refractivity contribution in [2.45, 2.75) is 6.92 Å². The summed E-state index contributed by atoms with van der Waals surface area (Å²) in [5, 5.41) is 24.5. The van der Waals surface area contributed by atoms with Gasteiger partial charge in [-0.15, -0.1) is 20.4 Å². The zero-order valence-electron chi connectivity index (χ0n) is 7.55. The van der Waals surface area contributed by atoms with E-state index in [0.717, 1.165) is 0 Å². The van der Waals surface area contributed by atoms with E-state index < -0.39 is 0 Å². The summed E-state index contributed by atoms with van der Waals surface area (Å²) in [6.45, 7) is 1.71. The maximum Gasteiger partial charge on any atom is 0.203 e. The molecule has 0 aliphatic rings. The number of aromatic hydroxyl groups is 1. The second-order valence-electron chi connectivity index (χ2n) is 2.82. The van der Waals surface area contributed by atoms with Crippen molar-refractivity contribution < 1.29 is 5.11 Å². The summed E-state index contributed by atoms with van der Waals surface area (Å²) < 4.78 is 0. The van der Waals surface area contributed by atoms with Crippen molar-refractivity contribution in [3.63, 3.8) is 0 Å². The molecule has 0 saturated heterocycles. The third-order valence-corrected chi connectivity index (χ3v) is 1.68. The number of phenolic OH excluding ortho intramolecular Hbond substituents is 1. The molecular weight excluding hydrogens is 180 g/mol. The van der Waals surface area contributed by atoms with Crippen LogP contribution in [-0.2, 0) is 0 Å². The highest BCUT2D eigenvalue weighted by Crippen LogP contribution is 2.18. The highest BCUT2D eigenvalue weighted by Gasteiger charge is 2.02. The van der Waals surface area contributed by atoms with E-state index in [1.54, 1.807) is 31.2 Å². The fourth-order valence-electron chi connectivity index (χ4n) is 1.04. The van der Waals surface area contributed by atoms with Gasteiger partial charge in [-0.2, -0.15) is 0 Å². The van der Waals surface area contributed by atoms with Crippen LogP contribution in [0.2, 0.25) is 0 Å². The molecule has 0 unspecified atom stereocenters. The Kier molecular flexibility index (Phi) is 2.06. The first-order chi connectivity index (χ1) is 6.75. The van der Waals surface area contributed by atoms with Crippen LogP contribution in [0.4, 0.5) is 0 Å². The van der Waals surface area contributed by atoms with Crippen LogP contribution in [-0.4, -0.2) is 25.5 Å². The predicted octanol–water partition coefficient (Wildman–Crippen LogP) is 0.948. The molecule has 5 heteroatoms. The molecular formula is C9H8N4O. The van der Waals surface area contributed by atoms with Crippen LogP contribution < -0.4 is 0 Å². The summed E-state index contributed by atoms with van der Waals surface area (Å²) in [5.74, 6) is 1.10. The van der Waals surface area contributed by atoms with Crippen molar-refractivity contribution in [2.75, 3.05) is 0 Å². The molecule has 70 valence electrons. The molecule has 2 aromatic rings. The van der Waals surface area contributed by atoms with Gasteiger partial charge in [-0.1, -0.05) is 12.1 Å². The first-order valence-electron chi connectivity index (χ1n) is 4.09. The van der Waals surface area contributed by atoms with Crippen molar-refractivity contribution in [1.82, 2.24) is 20.4 Å². The molecule has 2 rings (SSSR count). The zero-order chi connectivity index (χ0) is 9.97. The molecule has 1 heterocycles. The Hall–Kier alpha value is -2.04. The van der Waals surface area contributed by atoms with Crippen molar-refractivity contribution in [1.29, 1.82) is 0 Å². The molecule has 0 amide bonds. The van der Waals surface area contributed by atoms with Crippen molar-refractivity contribution in [3.8, 4) is 17.1 Å². The molecule has 0 aliphatic heterocycles. The number of hydrogen-bond donors (Lipinski definition) is 1. The summed E-state index contributed by atoms with van der Waals surface area (Å²) >= 11 is 0. The molecule has 0 bridgehead atoms. The van der Waals surface area contributed by atoms with E-state index in [2.05, 4.69) is 20.4 Å². The number of rotatable bonds is 1. The minimum absolute atomic E-state index is 0.173. The number of aromatic nitrogens is 4. The van der Waals surface area contributed by atoms with E-state index in [4.69, 9.17) is 0 Å². The van der Waals surface area contributed by atoms with Crippen LogP contribution >= 0.6 is 0 Å². The molecule has 0 aliphatic carbocycles. The molecule has 0 atom stereocenters. The quantitative estimate of drug-likeness (QED) is 0.721. The lowest BCUT2D eigenvalue weighted by Crippen LogP contribution is -1.98. The fraction of sp³-hybridized carbons (Fsp3) is 0.111. The lowest BCUT2D eigenvalue weighted by atomic mass is 10.2. The summed E-state index contributed by atoms with van der Waals surface area (Å²) in [5.41, 5.74) is 0.699. The predicted molar refractivity (Wildman–Crippen MR) is 49.5 cm³/mol. The zero-order valence-corrected chi connectivity index (χ0v) is 7.55. The second kappa shape index (κ2) is 3.37. The van der Waals surface area contributed by atoms with E-state index in [9.17, 15) is 5.11 Å². The average molecular weight is 188 g/mol. The van der Waals surface area contributed by atoms with Crippen LogP contribution in [0, 0.1) is 6.92 Å². The summed E-state index contributed by atoms with van der Waals surface area (Å²) in [6.07, 6.45) is 0. The third-order valence-electron chi connectivity index (χ3n) is 1.68. The van der Waals surface area contributed by atoms with E-state index in [1.165, 1.54) is 0 Å². The van der Waals surface area contributed by atoms with Gasteiger partial charge < -0.3 is 5.11 Å². The van der Waals surface area contributed by atoms with Gasteiger partial charge >= 0.3 is 0 Å². The van der Waals surface area contributed by atoms with Crippen LogP contribution in [0.3, 0.4) is 0 Å². The van der Waals surface area contributed by atoms with Gasteiger partial charge in [0.1, 0.15) is 5.75 Å². The smallest absolute Gasteiger partial charge is 0.203 e. The molecule has 1 N–H and O–H groups in total. The number of benzene rings is 1. The van der Waals surface area contributed by atoms with Crippen LogP contribution in [0.25, 0.3) is 11.4 Å². The van der Waals surface area contributed by atoms with Gasteiger partial charge in [0.2, 0.25) is 5.82 Å². The largest absolute Gasteiger partial charge is 0.508 e. The molecule has 14 heavy (non-hydrogen) atoms. The summed E-state index contributed by atoms with van der Waals surface area (Å²) in [7, 11) is 0. The maximum atomic E-state index is 9.23. The molecule has 1 aromatic carbocycles. The van der Waals surface area contributed by atoms with E-state index in [0.29, 0.717) is 17.2 Å². The van der Waals surface area contributed by atoms with E-state index in [-0.39, 0.29) is 5.75 Å². The molecule has 0 fully saturated rings. The van der Waals surface area contributed by atoms with E-state index >= 15 is 0 Å². The minimum atomic E-state index is 0.173. The van der Waals surface area contributed by atoms with Gasteiger partial charge in [0.15, 0.2) is 5.82 Å². The van der Waals surface area contributed by atoms with Gasteiger partial charge in [-0.25, -0.2) is 0 Å². The minimum Gasteiger partial charge on any atom is -0.508 e.